The highest BCUT2D eigenvalue weighted by Crippen LogP contribution is 2.31. The van der Waals surface area contributed by atoms with Crippen molar-refractivity contribution in [3.05, 3.63) is 42.1 Å². The number of halogens is 3. The fourth-order valence-electron chi connectivity index (χ4n) is 2.42. The molecular formula is C16H17F3N2O4. The Morgan fingerprint density at radius 3 is 2.48 bits per heavy atom. The molecule has 6 nitrogen and oxygen atoms in total. The lowest BCUT2D eigenvalue weighted by atomic mass is 9.89. The van der Waals surface area contributed by atoms with Gasteiger partial charge in [-0.1, -0.05) is 18.7 Å². The lowest BCUT2D eigenvalue weighted by Crippen LogP contribution is -2.51. The minimum Gasteiger partial charge on any atom is -0.494 e. The van der Waals surface area contributed by atoms with E-state index in [1.165, 1.54) is 0 Å². The summed E-state index contributed by atoms with van der Waals surface area (Å²) in [4.78, 5) is 23.8. The van der Waals surface area contributed by atoms with E-state index in [-0.39, 0.29) is 5.70 Å². The lowest BCUT2D eigenvalue weighted by molar-refractivity contribution is -0.189. The number of nitrogens with one attached hydrogen (secondary N) is 2. The molecule has 1 fully saturated rings. The first-order valence-electron chi connectivity index (χ1n) is 7.43. The molecule has 25 heavy (non-hydrogen) atoms. The molecule has 136 valence electrons. The van der Waals surface area contributed by atoms with Crippen LogP contribution in [0.4, 0.5) is 18.0 Å². The normalized spacial score (nSPS) is 20.5. The summed E-state index contributed by atoms with van der Waals surface area (Å²) in [7, 11) is 0. The smallest absolute Gasteiger partial charge is 0.422 e. The van der Waals surface area contributed by atoms with Crippen LogP contribution >= 0.6 is 0 Å². The van der Waals surface area contributed by atoms with Gasteiger partial charge in [-0.05, 0) is 24.6 Å². The number of urea groups is 1. The molecule has 2 rings (SSSR count). The maximum absolute atomic E-state index is 12.3. The van der Waals surface area contributed by atoms with E-state index in [0.29, 0.717) is 17.9 Å². The molecule has 1 heterocycles. The van der Waals surface area contributed by atoms with Crippen molar-refractivity contribution in [3.63, 3.8) is 0 Å². The van der Waals surface area contributed by atoms with Crippen LogP contribution in [0.5, 0.6) is 5.75 Å². The van der Waals surface area contributed by atoms with Gasteiger partial charge in [-0.2, -0.15) is 13.2 Å². The van der Waals surface area contributed by atoms with Gasteiger partial charge in [0.2, 0.25) is 0 Å². The second-order valence-electron chi connectivity index (χ2n) is 5.30. The van der Waals surface area contributed by atoms with Crippen LogP contribution in [0.1, 0.15) is 18.5 Å². The number of benzene rings is 1. The predicted molar refractivity (Wildman–Crippen MR) is 81.7 cm³/mol. The third kappa shape index (κ3) is 4.88. The minimum absolute atomic E-state index is 0.0326. The number of hydrogen-bond acceptors (Lipinski definition) is 4. The average molecular weight is 358 g/mol. The minimum atomic E-state index is -4.64. The maximum atomic E-state index is 12.3. The number of hydrogen-bond donors (Lipinski definition) is 2. The second kappa shape index (κ2) is 7.45. The predicted octanol–water partition coefficient (Wildman–Crippen LogP) is 2.67. The monoisotopic (exact) mass is 358 g/mol. The molecule has 2 unspecified atom stereocenters. The van der Waals surface area contributed by atoms with Gasteiger partial charge in [-0.3, -0.25) is 4.79 Å². The molecule has 1 aromatic carbocycles. The van der Waals surface area contributed by atoms with Crippen molar-refractivity contribution >= 4 is 12.0 Å². The molecular weight excluding hydrogens is 341 g/mol. The first-order chi connectivity index (χ1) is 11.7. The largest absolute Gasteiger partial charge is 0.494 e. The van der Waals surface area contributed by atoms with Crippen molar-refractivity contribution < 1.29 is 32.2 Å². The molecule has 0 aromatic heterocycles. The number of esters is 1. The van der Waals surface area contributed by atoms with Gasteiger partial charge in [-0.15, -0.1) is 0 Å². The second-order valence-corrected chi connectivity index (χ2v) is 5.30. The molecule has 2 atom stereocenters. The summed E-state index contributed by atoms with van der Waals surface area (Å²) in [5.41, 5.74) is 0.475. The average Bonchev–Trinajstić information content (AvgIpc) is 2.52. The van der Waals surface area contributed by atoms with E-state index in [1.807, 2.05) is 6.92 Å². The fourth-order valence-corrected chi connectivity index (χ4v) is 2.42. The topological polar surface area (TPSA) is 76.7 Å². The number of amides is 2. The third-order valence-electron chi connectivity index (χ3n) is 3.45. The standard InChI is InChI=1S/C16H17F3N2O4/c1-3-24-11-6-4-10(5-7-11)13-12(9(2)20-15(23)21-13)14(22)25-8-16(17,18)19/h4-7,12-13H,2-3,8H2,1H3,(H2,20,21,23). The van der Waals surface area contributed by atoms with Crippen molar-refractivity contribution in [1.29, 1.82) is 0 Å². The highest BCUT2D eigenvalue weighted by molar-refractivity contribution is 5.85. The van der Waals surface area contributed by atoms with Crippen molar-refractivity contribution in [3.8, 4) is 5.75 Å². The van der Waals surface area contributed by atoms with E-state index in [0.717, 1.165) is 0 Å². The lowest BCUT2D eigenvalue weighted by Gasteiger charge is -2.33. The third-order valence-corrected chi connectivity index (χ3v) is 3.45. The van der Waals surface area contributed by atoms with E-state index < -0.39 is 36.7 Å². The van der Waals surface area contributed by atoms with Gasteiger partial charge in [0.15, 0.2) is 6.61 Å². The van der Waals surface area contributed by atoms with Crippen LogP contribution in [0.15, 0.2) is 36.5 Å². The van der Waals surface area contributed by atoms with Crippen LogP contribution in [0, 0.1) is 5.92 Å². The van der Waals surface area contributed by atoms with E-state index in [9.17, 15) is 22.8 Å². The summed E-state index contributed by atoms with van der Waals surface area (Å²) in [6, 6.07) is 4.97. The Morgan fingerprint density at radius 2 is 1.92 bits per heavy atom. The van der Waals surface area contributed by atoms with Crippen molar-refractivity contribution in [2.24, 2.45) is 5.92 Å². The molecule has 2 amide bonds. The highest BCUT2D eigenvalue weighted by Gasteiger charge is 2.40. The van der Waals surface area contributed by atoms with E-state index >= 15 is 0 Å². The maximum Gasteiger partial charge on any atom is 0.422 e. The Hall–Kier alpha value is -2.71. The fraction of sp³-hybridized carbons (Fsp3) is 0.375. The van der Waals surface area contributed by atoms with E-state index in [4.69, 9.17) is 4.74 Å². The zero-order chi connectivity index (χ0) is 18.6. The van der Waals surface area contributed by atoms with Gasteiger partial charge in [0, 0.05) is 5.70 Å². The van der Waals surface area contributed by atoms with Crippen LogP contribution in [-0.4, -0.2) is 31.4 Å². The molecule has 0 spiro atoms. The van der Waals surface area contributed by atoms with Crippen molar-refractivity contribution in [2.45, 2.75) is 19.1 Å². The van der Waals surface area contributed by atoms with Gasteiger partial charge < -0.3 is 20.1 Å². The first-order valence-corrected chi connectivity index (χ1v) is 7.43. The molecule has 0 aliphatic carbocycles. The van der Waals surface area contributed by atoms with Gasteiger partial charge in [0.1, 0.15) is 11.7 Å². The Labute approximate surface area is 142 Å². The number of ether oxygens (including phenoxy) is 2. The number of rotatable bonds is 5. The number of carbonyl (C=O) groups is 2. The molecule has 1 aliphatic heterocycles. The van der Waals surface area contributed by atoms with Crippen LogP contribution < -0.4 is 15.4 Å². The van der Waals surface area contributed by atoms with Crippen LogP contribution in [0.2, 0.25) is 0 Å². The van der Waals surface area contributed by atoms with Crippen molar-refractivity contribution in [1.82, 2.24) is 10.6 Å². The summed E-state index contributed by atoms with van der Waals surface area (Å²) >= 11 is 0. The zero-order valence-electron chi connectivity index (χ0n) is 13.4. The first kappa shape index (κ1) is 18.6. The van der Waals surface area contributed by atoms with Crippen LogP contribution in [-0.2, 0) is 9.53 Å². The summed E-state index contributed by atoms with van der Waals surface area (Å²) in [6.45, 7) is 4.13. The Balaban J connectivity index is 2.22. The van der Waals surface area contributed by atoms with E-state index in [2.05, 4.69) is 21.9 Å². The molecule has 1 aromatic rings. The Bertz CT molecular complexity index is 658. The summed E-state index contributed by atoms with van der Waals surface area (Å²) in [6.07, 6.45) is -4.64. The Kier molecular flexibility index (Phi) is 5.55. The molecule has 0 radical (unpaired) electrons. The van der Waals surface area contributed by atoms with E-state index in [1.54, 1.807) is 24.3 Å². The number of carbonyl (C=O) groups excluding carboxylic acids is 2. The van der Waals surface area contributed by atoms with Gasteiger partial charge >= 0.3 is 18.2 Å². The zero-order valence-corrected chi connectivity index (χ0v) is 13.4. The van der Waals surface area contributed by atoms with Crippen LogP contribution in [0.3, 0.4) is 0 Å². The molecule has 0 bridgehead atoms. The van der Waals surface area contributed by atoms with Gasteiger partial charge in [0.05, 0.1) is 12.6 Å². The molecule has 9 heteroatoms. The van der Waals surface area contributed by atoms with Crippen molar-refractivity contribution in [2.75, 3.05) is 13.2 Å². The summed E-state index contributed by atoms with van der Waals surface area (Å²) in [5.74, 6) is -1.74. The van der Waals surface area contributed by atoms with Gasteiger partial charge in [0.25, 0.3) is 0 Å². The number of alkyl halides is 3. The molecule has 1 aliphatic rings. The highest BCUT2D eigenvalue weighted by atomic mass is 19.4. The molecule has 2 N–H and O–H groups in total. The summed E-state index contributed by atoms with van der Waals surface area (Å²) in [5, 5.41) is 4.80. The molecule has 1 saturated heterocycles. The SMILES string of the molecule is C=C1NC(=O)NC(c2ccc(OCC)cc2)C1C(=O)OCC(F)(F)F. The quantitative estimate of drug-likeness (QED) is 0.794. The Morgan fingerprint density at radius 1 is 1.28 bits per heavy atom. The van der Waals surface area contributed by atoms with Gasteiger partial charge in [-0.25, -0.2) is 4.79 Å². The van der Waals surface area contributed by atoms with Crippen LogP contribution in [0.25, 0.3) is 0 Å². The molecule has 0 saturated carbocycles. The summed E-state index contributed by atoms with van der Waals surface area (Å²) < 4.78 is 46.5.